The molecule has 5 N–H and O–H groups in total. The van der Waals surface area contributed by atoms with Crippen molar-refractivity contribution >= 4 is 41.1 Å². The summed E-state index contributed by atoms with van der Waals surface area (Å²) in [7, 11) is 0. The second kappa shape index (κ2) is 14.6. The zero-order valence-electron chi connectivity index (χ0n) is 23.6. The molecule has 0 aliphatic carbocycles. The number of alkyl carbamates (subject to hydrolysis) is 1. The summed E-state index contributed by atoms with van der Waals surface area (Å²) >= 11 is 6.37. The lowest BCUT2D eigenvalue weighted by molar-refractivity contribution is -0.141. The highest BCUT2D eigenvalue weighted by Gasteiger charge is 2.36. The van der Waals surface area contributed by atoms with Gasteiger partial charge in [0.2, 0.25) is 11.8 Å². The number of amides is 4. The zero-order valence-corrected chi connectivity index (χ0v) is 24.4. The predicted octanol–water partition coefficient (Wildman–Crippen LogP) is 4.82. The van der Waals surface area contributed by atoms with Crippen molar-refractivity contribution in [1.82, 2.24) is 10.2 Å². The van der Waals surface area contributed by atoms with E-state index in [4.69, 9.17) is 22.1 Å². The summed E-state index contributed by atoms with van der Waals surface area (Å²) in [4.78, 5) is 53.6. The fourth-order valence-corrected chi connectivity index (χ4v) is 4.27. The van der Waals surface area contributed by atoms with Crippen LogP contribution in [0.3, 0.4) is 0 Å². The monoisotopic (exact) mass is 574 g/mol. The number of para-hydroxylation sites is 1. The Balaban J connectivity index is 2.56. The van der Waals surface area contributed by atoms with Crippen molar-refractivity contribution in [3.63, 3.8) is 0 Å². The van der Waals surface area contributed by atoms with Gasteiger partial charge in [-0.1, -0.05) is 49.2 Å². The van der Waals surface area contributed by atoms with Gasteiger partial charge in [-0.05, 0) is 69.9 Å². The number of phenolic OH excluding ortho intramolecular Hbond substituents is 1. The van der Waals surface area contributed by atoms with Gasteiger partial charge in [-0.25, -0.2) is 4.79 Å². The van der Waals surface area contributed by atoms with E-state index in [0.717, 1.165) is 5.56 Å². The quantitative estimate of drug-likeness (QED) is 0.285. The molecule has 0 bridgehead atoms. The highest BCUT2D eigenvalue weighted by Crippen LogP contribution is 2.30. The smallest absolute Gasteiger partial charge is 0.408 e. The minimum Gasteiger partial charge on any atom is -0.508 e. The Hall–Kier alpha value is -3.79. The highest BCUT2D eigenvalue weighted by molar-refractivity contribution is 6.34. The van der Waals surface area contributed by atoms with E-state index in [2.05, 4.69) is 10.6 Å². The molecule has 2 rings (SSSR count). The number of halogens is 1. The van der Waals surface area contributed by atoms with E-state index in [9.17, 15) is 24.3 Å². The minimum atomic E-state index is -1.20. The third kappa shape index (κ3) is 9.75. The second-order valence-electron chi connectivity index (χ2n) is 10.5. The Bertz CT molecular complexity index is 1180. The van der Waals surface area contributed by atoms with Crippen molar-refractivity contribution < 1.29 is 29.0 Å². The van der Waals surface area contributed by atoms with Crippen LogP contribution in [0, 0.1) is 6.92 Å². The van der Waals surface area contributed by atoms with Gasteiger partial charge in [-0.15, -0.1) is 0 Å². The van der Waals surface area contributed by atoms with Crippen molar-refractivity contribution in [3.05, 3.63) is 58.6 Å². The maximum absolute atomic E-state index is 14.1. The second-order valence-corrected chi connectivity index (χ2v) is 10.9. The van der Waals surface area contributed by atoms with E-state index in [1.54, 1.807) is 58.0 Å². The van der Waals surface area contributed by atoms with E-state index in [1.807, 2.05) is 6.92 Å². The lowest BCUT2D eigenvalue weighted by Crippen LogP contribution is -2.52. The molecule has 2 aromatic carbocycles. The molecule has 4 amide bonds. The van der Waals surface area contributed by atoms with E-state index >= 15 is 0 Å². The molecule has 0 radical (unpaired) electrons. The van der Waals surface area contributed by atoms with Crippen molar-refractivity contribution in [3.8, 4) is 5.75 Å². The van der Waals surface area contributed by atoms with Gasteiger partial charge in [-0.3, -0.25) is 14.4 Å². The van der Waals surface area contributed by atoms with Crippen LogP contribution in [-0.2, 0) is 19.1 Å². The average Bonchev–Trinajstić information content (AvgIpc) is 2.85. The number of benzene rings is 2. The fourth-order valence-electron chi connectivity index (χ4n) is 4.00. The van der Waals surface area contributed by atoms with Crippen LogP contribution >= 0.6 is 11.6 Å². The number of nitrogens with zero attached hydrogens (tertiary/aromatic N) is 1. The van der Waals surface area contributed by atoms with Crippen LogP contribution in [0.1, 0.15) is 70.5 Å². The molecule has 2 aromatic rings. The molecular formula is C29H39ClN4O6. The standard InChI is InChI=1S/C29H39ClN4O6/c1-6-7-17-34(27(38)22(15-16-23(31)36)32-28(39)40-29(3,4)5)25(19-11-13-20(35)14-12-19)26(37)33-24-18(2)9-8-10-21(24)30/h8-14,22,25,35H,6-7,15-17H2,1-5H3,(H2,31,36)(H,32,39)(H,33,37). The summed E-state index contributed by atoms with van der Waals surface area (Å²) in [6, 6.07) is 8.76. The predicted molar refractivity (Wildman–Crippen MR) is 154 cm³/mol. The molecule has 11 heteroatoms. The number of nitrogens with two attached hydrogens (primary N) is 1. The summed E-state index contributed by atoms with van der Waals surface area (Å²) in [5.41, 5.74) is 6.07. The van der Waals surface area contributed by atoms with Crippen LogP contribution in [0.25, 0.3) is 0 Å². The van der Waals surface area contributed by atoms with Crippen LogP contribution in [0.15, 0.2) is 42.5 Å². The maximum atomic E-state index is 14.1. The molecule has 0 heterocycles. The third-order valence-electron chi connectivity index (χ3n) is 5.94. The molecule has 2 unspecified atom stereocenters. The van der Waals surface area contributed by atoms with Gasteiger partial charge in [0.25, 0.3) is 5.91 Å². The van der Waals surface area contributed by atoms with Crippen molar-refractivity contribution in [2.45, 2.75) is 78.0 Å². The Morgan fingerprint density at radius 1 is 1.10 bits per heavy atom. The lowest BCUT2D eigenvalue weighted by Gasteiger charge is -2.34. The van der Waals surface area contributed by atoms with E-state index in [-0.39, 0.29) is 25.1 Å². The fraction of sp³-hybridized carbons (Fsp3) is 0.448. The van der Waals surface area contributed by atoms with Gasteiger partial charge in [-0.2, -0.15) is 0 Å². The number of rotatable bonds is 12. The third-order valence-corrected chi connectivity index (χ3v) is 6.26. The summed E-state index contributed by atoms with van der Waals surface area (Å²) in [6.07, 6.45) is 0.144. The molecule has 40 heavy (non-hydrogen) atoms. The largest absolute Gasteiger partial charge is 0.508 e. The number of primary amides is 1. The number of nitrogens with one attached hydrogen (secondary N) is 2. The lowest BCUT2D eigenvalue weighted by atomic mass is 10.0. The molecule has 0 aliphatic heterocycles. The molecule has 0 aliphatic rings. The van der Waals surface area contributed by atoms with Gasteiger partial charge in [0.05, 0.1) is 10.7 Å². The zero-order chi connectivity index (χ0) is 30.0. The summed E-state index contributed by atoms with van der Waals surface area (Å²) in [5, 5.41) is 15.6. The van der Waals surface area contributed by atoms with Crippen LogP contribution in [-0.4, -0.2) is 52.0 Å². The Morgan fingerprint density at radius 2 is 1.75 bits per heavy atom. The SMILES string of the molecule is CCCCN(C(=O)C(CCC(N)=O)NC(=O)OC(C)(C)C)C(C(=O)Nc1c(C)cccc1Cl)c1ccc(O)cc1. The number of carbonyl (C=O) groups excluding carboxylic acids is 4. The maximum Gasteiger partial charge on any atom is 0.408 e. The topological polar surface area (TPSA) is 151 Å². The summed E-state index contributed by atoms with van der Waals surface area (Å²) < 4.78 is 5.34. The number of aromatic hydroxyl groups is 1. The van der Waals surface area contributed by atoms with Crippen LogP contribution in [0.2, 0.25) is 5.02 Å². The first-order valence-corrected chi connectivity index (χ1v) is 13.5. The number of hydrogen-bond acceptors (Lipinski definition) is 6. The summed E-state index contributed by atoms with van der Waals surface area (Å²) in [6.45, 7) is 8.95. The average molecular weight is 575 g/mol. The van der Waals surface area contributed by atoms with Crippen molar-refractivity contribution in [2.75, 3.05) is 11.9 Å². The molecule has 218 valence electrons. The number of unbranched alkanes of at least 4 members (excludes halogenated alkanes) is 1. The molecule has 0 spiro atoms. The molecule has 0 saturated heterocycles. The molecular weight excluding hydrogens is 536 g/mol. The number of phenols is 1. The first-order chi connectivity index (χ1) is 18.7. The first kappa shape index (κ1) is 32.4. The van der Waals surface area contributed by atoms with Crippen molar-refractivity contribution in [1.29, 1.82) is 0 Å². The molecule has 10 nitrogen and oxygen atoms in total. The van der Waals surface area contributed by atoms with Gasteiger partial charge in [0.1, 0.15) is 23.4 Å². The van der Waals surface area contributed by atoms with Crippen LogP contribution < -0.4 is 16.4 Å². The van der Waals surface area contributed by atoms with Gasteiger partial charge < -0.3 is 31.1 Å². The number of carbonyl (C=O) groups is 4. The van der Waals surface area contributed by atoms with Gasteiger partial charge in [0.15, 0.2) is 0 Å². The normalized spacial score (nSPS) is 12.7. The Kier molecular flexibility index (Phi) is 11.8. The highest BCUT2D eigenvalue weighted by atomic mass is 35.5. The van der Waals surface area contributed by atoms with Gasteiger partial charge >= 0.3 is 6.09 Å². The van der Waals surface area contributed by atoms with E-state index in [0.29, 0.717) is 29.1 Å². The molecule has 2 atom stereocenters. The molecule has 0 saturated carbocycles. The number of anilines is 1. The van der Waals surface area contributed by atoms with Crippen molar-refractivity contribution in [2.24, 2.45) is 5.73 Å². The van der Waals surface area contributed by atoms with E-state index < -0.39 is 41.5 Å². The minimum absolute atomic E-state index is 0.0118. The number of hydrogen-bond donors (Lipinski definition) is 4. The van der Waals surface area contributed by atoms with Gasteiger partial charge in [0, 0.05) is 13.0 Å². The molecule has 0 aromatic heterocycles. The first-order valence-electron chi connectivity index (χ1n) is 13.2. The Morgan fingerprint density at radius 3 is 2.30 bits per heavy atom. The Labute approximate surface area is 240 Å². The number of ether oxygens (including phenoxy) is 1. The number of aryl methyl sites for hydroxylation is 1. The molecule has 0 fully saturated rings. The van der Waals surface area contributed by atoms with E-state index in [1.165, 1.54) is 17.0 Å². The van der Waals surface area contributed by atoms with Crippen LogP contribution in [0.4, 0.5) is 10.5 Å². The van der Waals surface area contributed by atoms with Crippen LogP contribution in [0.5, 0.6) is 5.75 Å². The summed E-state index contributed by atoms with van der Waals surface area (Å²) in [5.74, 6) is -1.80.